The average molecular weight is 317 g/mol. The molecule has 112 valence electrons. The normalized spacial score (nSPS) is 11.2. The summed E-state index contributed by atoms with van der Waals surface area (Å²) in [6.07, 6.45) is -4.24. The number of rotatable bonds is 4. The van der Waals surface area contributed by atoms with Gasteiger partial charge < -0.3 is 10.1 Å². The summed E-state index contributed by atoms with van der Waals surface area (Å²) in [5, 5.41) is 6.29. The average Bonchev–Trinajstić information content (AvgIpc) is 2.85. The van der Waals surface area contributed by atoms with E-state index in [0.717, 1.165) is 23.7 Å². The smallest absolute Gasteiger partial charge is 0.406 e. The van der Waals surface area contributed by atoms with E-state index in [-0.39, 0.29) is 5.69 Å². The minimum Gasteiger partial charge on any atom is -0.406 e. The first-order valence-corrected chi connectivity index (χ1v) is 6.65. The lowest BCUT2D eigenvalue weighted by Gasteiger charge is -2.10. The highest BCUT2D eigenvalue weighted by molar-refractivity contribution is 7.08. The van der Waals surface area contributed by atoms with Crippen LogP contribution in [0.2, 0.25) is 0 Å². The zero-order valence-corrected chi connectivity index (χ0v) is 11.6. The minimum absolute atomic E-state index is 0.192. The van der Waals surface area contributed by atoms with Gasteiger partial charge in [0.2, 0.25) is 0 Å². The van der Waals surface area contributed by atoms with Crippen LogP contribution >= 0.6 is 11.5 Å². The number of amides is 1. The molecular weight excluding hydrogens is 307 g/mol. The number of carbonyl (C=O) groups excluding carboxylic acids is 1. The van der Waals surface area contributed by atoms with Crippen molar-refractivity contribution in [2.24, 2.45) is 0 Å². The van der Waals surface area contributed by atoms with Crippen LogP contribution in [0.15, 0.2) is 24.3 Å². The Hall–Kier alpha value is -2.16. The number of alkyl halides is 3. The van der Waals surface area contributed by atoms with Crippen LogP contribution < -0.4 is 10.1 Å². The lowest BCUT2D eigenvalue weighted by atomic mass is 10.2. The number of nitrogens with one attached hydrogen (secondary N) is 1. The number of benzene rings is 1. The maximum Gasteiger partial charge on any atom is 0.573 e. The predicted molar refractivity (Wildman–Crippen MR) is 70.4 cm³/mol. The van der Waals surface area contributed by atoms with E-state index >= 15 is 0 Å². The van der Waals surface area contributed by atoms with Gasteiger partial charge in [-0.15, -0.1) is 18.3 Å². The lowest BCUT2D eigenvalue weighted by Crippen LogP contribution is -2.17. The molecule has 0 radical (unpaired) electrons. The van der Waals surface area contributed by atoms with E-state index < -0.39 is 18.0 Å². The van der Waals surface area contributed by atoms with Crippen LogP contribution in [-0.2, 0) is 6.42 Å². The van der Waals surface area contributed by atoms with Gasteiger partial charge in [-0.25, -0.2) is 0 Å². The maximum absolute atomic E-state index is 12.1. The molecule has 9 heteroatoms. The second-order valence-corrected chi connectivity index (χ2v) is 4.69. The summed E-state index contributed by atoms with van der Waals surface area (Å²) in [6, 6.07) is 5.05. The monoisotopic (exact) mass is 317 g/mol. The van der Waals surface area contributed by atoms with Crippen molar-refractivity contribution in [3.05, 3.63) is 34.8 Å². The van der Waals surface area contributed by atoms with Crippen LogP contribution in [0, 0.1) is 0 Å². The molecule has 0 aliphatic rings. The van der Waals surface area contributed by atoms with Crippen molar-refractivity contribution >= 4 is 23.1 Å². The van der Waals surface area contributed by atoms with Crippen LogP contribution in [-0.4, -0.2) is 21.9 Å². The van der Waals surface area contributed by atoms with Crippen molar-refractivity contribution in [2.75, 3.05) is 5.32 Å². The minimum atomic E-state index is -4.78. The standard InChI is InChI=1S/C12H10F3N3O2S/c1-2-9-10(21-18-17-9)11(19)16-7-4-3-5-8(6-7)20-12(13,14)15/h3-6H,2H2,1H3,(H,16,19). The fourth-order valence-corrected chi connectivity index (χ4v) is 2.22. The Morgan fingerprint density at radius 2 is 2.19 bits per heavy atom. The molecule has 1 N–H and O–H groups in total. The Kier molecular flexibility index (Phi) is 4.41. The fourth-order valence-electron chi connectivity index (χ4n) is 1.57. The number of aromatic nitrogens is 2. The van der Waals surface area contributed by atoms with Crippen LogP contribution in [0.3, 0.4) is 0 Å². The molecule has 0 fully saturated rings. The molecule has 0 spiro atoms. The molecule has 2 aromatic rings. The summed E-state index contributed by atoms with van der Waals surface area (Å²) in [5.74, 6) is -0.871. The van der Waals surface area contributed by atoms with Gasteiger partial charge in [0.1, 0.15) is 10.6 Å². The summed E-state index contributed by atoms with van der Waals surface area (Å²) in [4.78, 5) is 12.3. The molecule has 0 atom stereocenters. The van der Waals surface area contributed by atoms with Gasteiger partial charge in [0.05, 0.1) is 5.69 Å². The number of aryl methyl sites for hydroxylation is 1. The van der Waals surface area contributed by atoms with Crippen molar-refractivity contribution in [1.82, 2.24) is 9.59 Å². The van der Waals surface area contributed by atoms with Crippen LogP contribution in [0.1, 0.15) is 22.3 Å². The van der Waals surface area contributed by atoms with Crippen LogP contribution in [0.5, 0.6) is 5.75 Å². The first-order valence-electron chi connectivity index (χ1n) is 5.87. The molecule has 2 rings (SSSR count). The molecule has 0 aliphatic heterocycles. The maximum atomic E-state index is 12.1. The molecule has 1 amide bonds. The number of hydrogen-bond donors (Lipinski definition) is 1. The third-order valence-corrected chi connectivity index (χ3v) is 3.19. The summed E-state index contributed by atoms with van der Waals surface area (Å²) in [6.45, 7) is 1.82. The predicted octanol–water partition coefficient (Wildman–Crippen LogP) is 3.25. The van der Waals surface area contributed by atoms with Crippen molar-refractivity contribution in [3.63, 3.8) is 0 Å². The molecule has 0 bridgehead atoms. The fraction of sp³-hybridized carbons (Fsp3) is 0.250. The largest absolute Gasteiger partial charge is 0.573 e. The molecule has 0 saturated carbocycles. The molecule has 21 heavy (non-hydrogen) atoms. The molecule has 0 saturated heterocycles. The van der Waals surface area contributed by atoms with E-state index in [2.05, 4.69) is 19.6 Å². The van der Waals surface area contributed by atoms with Crippen molar-refractivity contribution < 1.29 is 22.7 Å². The summed E-state index contributed by atoms with van der Waals surface area (Å²) < 4.78 is 43.9. The summed E-state index contributed by atoms with van der Waals surface area (Å²) in [7, 11) is 0. The zero-order chi connectivity index (χ0) is 15.5. The summed E-state index contributed by atoms with van der Waals surface area (Å²) >= 11 is 0.931. The molecule has 1 aromatic heterocycles. The molecule has 1 aromatic carbocycles. The van der Waals surface area contributed by atoms with E-state index in [0.29, 0.717) is 17.0 Å². The van der Waals surface area contributed by atoms with E-state index in [4.69, 9.17) is 0 Å². The van der Waals surface area contributed by atoms with Crippen molar-refractivity contribution in [2.45, 2.75) is 19.7 Å². The quantitative estimate of drug-likeness (QED) is 0.940. The van der Waals surface area contributed by atoms with Gasteiger partial charge in [0.25, 0.3) is 5.91 Å². The van der Waals surface area contributed by atoms with Crippen molar-refractivity contribution in [3.8, 4) is 5.75 Å². The van der Waals surface area contributed by atoms with Gasteiger partial charge >= 0.3 is 6.36 Å². The lowest BCUT2D eigenvalue weighted by molar-refractivity contribution is -0.274. The third kappa shape index (κ3) is 4.15. The van der Waals surface area contributed by atoms with Crippen molar-refractivity contribution in [1.29, 1.82) is 0 Å². The van der Waals surface area contributed by atoms with Gasteiger partial charge in [-0.05, 0) is 30.1 Å². The Labute approximate surface area is 121 Å². The Morgan fingerprint density at radius 1 is 1.43 bits per heavy atom. The number of hydrogen-bond acceptors (Lipinski definition) is 5. The second-order valence-electron chi connectivity index (χ2n) is 3.93. The third-order valence-electron chi connectivity index (χ3n) is 2.42. The Bertz CT molecular complexity index is 643. The first-order chi connectivity index (χ1) is 9.89. The SMILES string of the molecule is CCc1nnsc1C(=O)Nc1cccc(OC(F)(F)F)c1. The Balaban J connectivity index is 2.13. The van der Waals surface area contributed by atoms with Gasteiger partial charge in [-0.3, -0.25) is 4.79 Å². The van der Waals surface area contributed by atoms with E-state index in [1.54, 1.807) is 0 Å². The number of halogens is 3. The van der Waals surface area contributed by atoms with E-state index in [1.807, 2.05) is 6.92 Å². The number of nitrogens with zero attached hydrogens (tertiary/aromatic N) is 2. The summed E-state index contributed by atoms with van der Waals surface area (Å²) in [5.41, 5.74) is 0.734. The zero-order valence-electron chi connectivity index (χ0n) is 10.8. The first kappa shape index (κ1) is 15.2. The molecule has 0 unspecified atom stereocenters. The molecular formula is C12H10F3N3O2S. The number of carbonyl (C=O) groups is 1. The van der Waals surface area contributed by atoms with Gasteiger partial charge in [-0.2, -0.15) is 0 Å². The van der Waals surface area contributed by atoms with Gasteiger partial charge in [0, 0.05) is 11.8 Å². The number of anilines is 1. The Morgan fingerprint density at radius 3 is 2.86 bits per heavy atom. The van der Waals surface area contributed by atoms with E-state index in [1.165, 1.54) is 12.1 Å². The molecule has 1 heterocycles. The van der Waals surface area contributed by atoms with Gasteiger partial charge in [0.15, 0.2) is 0 Å². The van der Waals surface area contributed by atoms with Crippen LogP contribution in [0.4, 0.5) is 18.9 Å². The second kappa shape index (κ2) is 6.08. The highest BCUT2D eigenvalue weighted by Gasteiger charge is 2.31. The van der Waals surface area contributed by atoms with E-state index in [9.17, 15) is 18.0 Å². The van der Waals surface area contributed by atoms with Crippen LogP contribution in [0.25, 0.3) is 0 Å². The highest BCUT2D eigenvalue weighted by atomic mass is 32.1. The topological polar surface area (TPSA) is 64.1 Å². The highest BCUT2D eigenvalue weighted by Crippen LogP contribution is 2.25. The molecule has 0 aliphatic carbocycles. The van der Waals surface area contributed by atoms with Gasteiger partial charge in [-0.1, -0.05) is 17.5 Å². The molecule has 5 nitrogen and oxygen atoms in total. The number of ether oxygens (including phenoxy) is 1.